The van der Waals surface area contributed by atoms with Crippen LogP contribution >= 0.6 is 0 Å². The summed E-state index contributed by atoms with van der Waals surface area (Å²) in [5.41, 5.74) is 5.19. The number of aryl methyl sites for hydroxylation is 2. The molecular formula is C42H55FN8O4. The third-order valence-electron chi connectivity index (χ3n) is 9.10. The van der Waals surface area contributed by atoms with Gasteiger partial charge in [0.1, 0.15) is 41.2 Å². The highest BCUT2D eigenvalue weighted by atomic mass is 19.1. The molecule has 13 heteroatoms. The number of ether oxygens (including phenoxy) is 1. The summed E-state index contributed by atoms with van der Waals surface area (Å²) >= 11 is 0. The number of hydrogen-bond donors (Lipinski definition) is 1. The van der Waals surface area contributed by atoms with Gasteiger partial charge in [-0.05, 0) is 61.5 Å². The second-order valence-corrected chi connectivity index (χ2v) is 16.9. The summed E-state index contributed by atoms with van der Waals surface area (Å²) in [5.74, 6) is 3.14. The molecule has 0 bridgehead atoms. The molecule has 0 unspecified atom stereocenters. The number of ketones is 2. The highest BCUT2D eigenvalue weighted by Gasteiger charge is 2.26. The molecule has 0 amide bonds. The maximum atomic E-state index is 13.6. The van der Waals surface area contributed by atoms with Gasteiger partial charge in [-0.1, -0.05) is 41.5 Å². The van der Waals surface area contributed by atoms with Crippen LogP contribution in [0.25, 0.3) is 23.0 Å². The molecule has 294 valence electrons. The highest BCUT2D eigenvalue weighted by Crippen LogP contribution is 2.33. The van der Waals surface area contributed by atoms with Crippen LogP contribution in [0.15, 0.2) is 36.7 Å². The summed E-state index contributed by atoms with van der Waals surface area (Å²) in [6.07, 6.45) is 9.77. The van der Waals surface area contributed by atoms with Gasteiger partial charge in [-0.25, -0.2) is 24.3 Å². The van der Waals surface area contributed by atoms with E-state index in [1.807, 2.05) is 23.9 Å². The van der Waals surface area contributed by atoms with Crippen LogP contribution in [0.5, 0.6) is 5.75 Å². The molecule has 4 aromatic rings. The first kappa shape index (κ1) is 41.3. The highest BCUT2D eigenvalue weighted by molar-refractivity contribution is 5.84. The van der Waals surface area contributed by atoms with Gasteiger partial charge in [0.25, 0.3) is 0 Å². The first-order chi connectivity index (χ1) is 26.0. The first-order valence-corrected chi connectivity index (χ1v) is 19.1. The van der Waals surface area contributed by atoms with Crippen molar-refractivity contribution < 1.29 is 23.8 Å². The molecule has 0 atom stereocenters. The number of anilines is 2. The van der Waals surface area contributed by atoms with Gasteiger partial charge < -0.3 is 19.6 Å². The van der Waals surface area contributed by atoms with Crippen molar-refractivity contribution in [3.8, 4) is 28.8 Å². The fraction of sp³-hybridized carbons (Fsp3) is 0.524. The number of rotatable bonds is 13. The first-order valence-electron chi connectivity index (χ1n) is 19.1. The van der Waals surface area contributed by atoms with E-state index in [4.69, 9.17) is 19.8 Å². The number of aromatic nitrogens is 6. The molecule has 0 spiro atoms. The van der Waals surface area contributed by atoms with Crippen LogP contribution in [0.4, 0.5) is 16.0 Å². The molecular weight excluding hydrogens is 700 g/mol. The van der Waals surface area contributed by atoms with Gasteiger partial charge in [0.05, 0.1) is 19.7 Å². The Kier molecular flexibility index (Phi) is 13.3. The van der Waals surface area contributed by atoms with Crippen LogP contribution in [0.3, 0.4) is 0 Å². The predicted octanol–water partition coefficient (Wildman–Crippen LogP) is 6.45. The number of carbonyl (C=O) groups is 2. The van der Waals surface area contributed by atoms with Crippen LogP contribution in [0, 0.1) is 16.6 Å². The molecule has 4 heterocycles. The Morgan fingerprint density at radius 2 is 1.20 bits per heavy atom. The fourth-order valence-electron chi connectivity index (χ4n) is 6.97. The molecule has 0 saturated carbocycles. The van der Waals surface area contributed by atoms with E-state index in [-0.39, 0.29) is 41.4 Å². The van der Waals surface area contributed by atoms with E-state index >= 15 is 0 Å². The topological polar surface area (TPSA) is 147 Å². The van der Waals surface area contributed by atoms with Gasteiger partial charge in [0.15, 0.2) is 23.2 Å². The van der Waals surface area contributed by atoms with Crippen molar-refractivity contribution >= 4 is 23.2 Å². The van der Waals surface area contributed by atoms with Crippen LogP contribution in [-0.2, 0) is 35.3 Å². The number of aliphatic hydroxyl groups is 1. The van der Waals surface area contributed by atoms with Gasteiger partial charge in [-0.15, -0.1) is 0 Å². The SMILES string of the molecule is CN(CC(=O)CC(C)(C)C)c1nc(-c2cc(F)ccn2)nc2c1CCC2.CN(CC(=O)CC(C)(C)C)c1nc(-c2cc(OCCO)ccn2)nc2c1CCC2. The zero-order valence-electron chi connectivity index (χ0n) is 33.6. The number of likely N-dealkylation sites (N-methyl/N-ethyl adjacent to an activating group) is 2. The smallest absolute Gasteiger partial charge is 0.180 e. The van der Waals surface area contributed by atoms with Gasteiger partial charge in [0, 0.05) is 74.0 Å². The van der Waals surface area contributed by atoms with Crippen molar-refractivity contribution in [2.75, 3.05) is 50.2 Å². The van der Waals surface area contributed by atoms with Crippen molar-refractivity contribution in [1.82, 2.24) is 29.9 Å². The number of Topliss-reactive ketones (excluding diaryl/α,β-unsaturated/α-hetero) is 2. The Hall–Kier alpha value is -4.91. The van der Waals surface area contributed by atoms with Crippen LogP contribution < -0.4 is 14.5 Å². The summed E-state index contributed by atoms with van der Waals surface area (Å²) in [5, 5.41) is 8.96. The lowest BCUT2D eigenvalue weighted by atomic mass is 9.90. The van der Waals surface area contributed by atoms with E-state index in [1.54, 1.807) is 18.3 Å². The van der Waals surface area contributed by atoms with E-state index in [0.717, 1.165) is 72.7 Å². The average molecular weight is 755 g/mol. The zero-order chi connectivity index (χ0) is 39.9. The van der Waals surface area contributed by atoms with E-state index in [1.165, 1.54) is 18.3 Å². The third kappa shape index (κ3) is 11.5. The van der Waals surface area contributed by atoms with Gasteiger partial charge in [-0.3, -0.25) is 19.6 Å². The van der Waals surface area contributed by atoms with Crippen molar-refractivity contribution in [3.63, 3.8) is 0 Å². The molecule has 0 radical (unpaired) electrons. The number of nitrogens with zero attached hydrogens (tertiary/aromatic N) is 8. The van der Waals surface area contributed by atoms with Crippen LogP contribution in [-0.4, -0.2) is 87.0 Å². The van der Waals surface area contributed by atoms with Gasteiger partial charge >= 0.3 is 0 Å². The Morgan fingerprint density at radius 3 is 1.65 bits per heavy atom. The number of pyridine rings is 2. The summed E-state index contributed by atoms with van der Waals surface area (Å²) in [7, 11) is 3.80. The largest absolute Gasteiger partial charge is 0.491 e. The van der Waals surface area contributed by atoms with E-state index in [9.17, 15) is 14.0 Å². The molecule has 2 aliphatic carbocycles. The molecule has 6 rings (SSSR count). The number of carbonyl (C=O) groups excluding carboxylic acids is 2. The normalized spacial score (nSPS) is 13.4. The quantitative estimate of drug-likeness (QED) is 0.160. The zero-order valence-corrected chi connectivity index (χ0v) is 33.6. The minimum atomic E-state index is -0.366. The predicted molar refractivity (Wildman–Crippen MR) is 212 cm³/mol. The molecule has 12 nitrogen and oxygen atoms in total. The second-order valence-electron chi connectivity index (χ2n) is 16.9. The van der Waals surface area contributed by atoms with E-state index < -0.39 is 0 Å². The molecule has 0 aliphatic heterocycles. The standard InChI is InChI=1S/C22H30N4O3.C20H25FN4O/c1-22(2,3)13-15(28)14-26(4)21-17-6-5-7-18(17)24-20(25-21)19-12-16(8-9-23-19)29-11-10-27;1-20(2,3)11-14(26)12-25(4)19-15-6-5-7-16(15)23-18(24-19)17-10-13(21)8-9-22-17/h8-9,12,27H,5-7,10-11,13-14H2,1-4H3;8-10H,5-7,11-12H2,1-4H3. The summed E-state index contributed by atoms with van der Waals surface area (Å²) < 4.78 is 19.1. The van der Waals surface area contributed by atoms with Crippen molar-refractivity contribution in [1.29, 1.82) is 0 Å². The summed E-state index contributed by atoms with van der Waals surface area (Å²) in [6, 6.07) is 6.16. The average Bonchev–Trinajstić information content (AvgIpc) is 3.78. The molecule has 0 saturated heterocycles. The Labute approximate surface area is 324 Å². The molecule has 4 aromatic heterocycles. The lowest BCUT2D eigenvalue weighted by molar-refractivity contribution is -0.120. The maximum absolute atomic E-state index is 13.6. The maximum Gasteiger partial charge on any atom is 0.180 e. The molecule has 2 aliphatic rings. The lowest BCUT2D eigenvalue weighted by Gasteiger charge is -2.23. The molecule has 55 heavy (non-hydrogen) atoms. The van der Waals surface area contributed by atoms with E-state index in [2.05, 4.69) is 61.5 Å². The van der Waals surface area contributed by atoms with Crippen molar-refractivity contribution in [3.05, 3.63) is 65.0 Å². The number of aliphatic hydroxyl groups excluding tert-OH is 1. The Morgan fingerprint density at radius 1 is 0.727 bits per heavy atom. The second kappa shape index (κ2) is 17.7. The number of halogens is 1. The molecule has 0 fully saturated rings. The van der Waals surface area contributed by atoms with E-state index in [0.29, 0.717) is 54.7 Å². The van der Waals surface area contributed by atoms with Crippen LogP contribution in [0.2, 0.25) is 0 Å². The van der Waals surface area contributed by atoms with Gasteiger partial charge in [0.2, 0.25) is 0 Å². The molecule has 0 aromatic carbocycles. The van der Waals surface area contributed by atoms with Gasteiger partial charge in [-0.2, -0.15) is 0 Å². The number of hydrogen-bond acceptors (Lipinski definition) is 12. The molecule has 1 N–H and O–H groups in total. The van der Waals surface area contributed by atoms with Crippen molar-refractivity contribution in [2.24, 2.45) is 10.8 Å². The minimum Gasteiger partial charge on any atom is -0.491 e. The fourth-order valence-corrected chi connectivity index (χ4v) is 6.97. The van der Waals surface area contributed by atoms with Crippen LogP contribution in [0.1, 0.15) is 89.7 Å². The summed E-state index contributed by atoms with van der Waals surface area (Å²) in [4.78, 5) is 56.1. The number of fused-ring (bicyclic) bond motifs is 2. The Bertz CT molecular complexity index is 1990. The summed E-state index contributed by atoms with van der Waals surface area (Å²) in [6.45, 7) is 13.2. The monoisotopic (exact) mass is 754 g/mol. The lowest BCUT2D eigenvalue weighted by Crippen LogP contribution is -2.30. The minimum absolute atomic E-state index is 0.0321. The van der Waals surface area contributed by atoms with Crippen molar-refractivity contribution in [2.45, 2.75) is 92.9 Å². The third-order valence-corrected chi connectivity index (χ3v) is 9.10. The Balaban J connectivity index is 0.000000212.